The number of aromatic nitrogens is 1. The van der Waals surface area contributed by atoms with Crippen molar-refractivity contribution in [1.82, 2.24) is 4.57 Å². The van der Waals surface area contributed by atoms with Gasteiger partial charge in [-0.1, -0.05) is 31.9 Å². The smallest absolute Gasteiger partial charge is 0.250 e. The summed E-state index contributed by atoms with van der Waals surface area (Å²) in [6, 6.07) is 7.32. The van der Waals surface area contributed by atoms with E-state index >= 15 is 0 Å². The van der Waals surface area contributed by atoms with Gasteiger partial charge in [0.15, 0.2) is 0 Å². The Morgan fingerprint density at radius 1 is 1.05 bits per heavy atom. The third kappa shape index (κ3) is 1.75. The number of nitrogens with zero attached hydrogens (tertiary/aromatic N) is 1. The molecule has 96 valence electrons. The summed E-state index contributed by atoms with van der Waals surface area (Å²) in [4.78, 5) is 24.4. The number of hydrogen-bond acceptors (Lipinski definition) is 2. The zero-order valence-electron chi connectivity index (χ0n) is 10.0. The Kier molecular flexibility index (Phi) is 2.98. The minimum absolute atomic E-state index is 0.431. The molecule has 0 radical (unpaired) electrons. The van der Waals surface area contributed by atoms with E-state index in [1.165, 1.54) is 0 Å². The number of hydrogen-bond donors (Lipinski definition) is 0. The van der Waals surface area contributed by atoms with Crippen LogP contribution in [0.15, 0.2) is 28.7 Å². The minimum atomic E-state index is -0.433. The minimum Gasteiger partial charge on any atom is -0.344 e. The van der Waals surface area contributed by atoms with E-state index in [9.17, 15) is 9.59 Å². The van der Waals surface area contributed by atoms with Gasteiger partial charge in [-0.2, -0.15) is 0 Å². The van der Waals surface area contributed by atoms with Gasteiger partial charge in [0.1, 0.15) is 5.69 Å². The van der Waals surface area contributed by atoms with E-state index in [1.54, 1.807) is 16.7 Å². The molecule has 1 aromatic heterocycles. The molecule has 0 aliphatic heterocycles. The Morgan fingerprint density at radius 2 is 1.79 bits per heavy atom. The highest BCUT2D eigenvalue weighted by atomic mass is 79.9. The largest absolute Gasteiger partial charge is 0.344 e. The Bertz CT molecular complexity index is 731. The molecule has 0 atom stereocenters. The fraction of sp³-hybridized carbons (Fsp3) is 0.143. The van der Waals surface area contributed by atoms with Crippen molar-refractivity contribution in [3.8, 4) is 11.1 Å². The predicted octanol–water partition coefficient (Wildman–Crippen LogP) is 3.73. The zero-order chi connectivity index (χ0) is 13.7. The average molecular weight is 383 g/mol. The molecule has 0 bridgehead atoms. The van der Waals surface area contributed by atoms with Crippen molar-refractivity contribution < 1.29 is 9.59 Å². The molecule has 0 saturated heterocycles. The van der Waals surface area contributed by atoms with E-state index in [0.717, 1.165) is 21.3 Å². The van der Waals surface area contributed by atoms with E-state index in [-0.39, 0.29) is 0 Å². The van der Waals surface area contributed by atoms with Crippen LogP contribution in [0, 0.1) is 0 Å². The molecule has 3 rings (SSSR count). The topological polar surface area (TPSA) is 39.1 Å². The van der Waals surface area contributed by atoms with Crippen molar-refractivity contribution in [3.05, 3.63) is 45.7 Å². The van der Waals surface area contributed by atoms with Crippen LogP contribution in [0.5, 0.6) is 0 Å². The van der Waals surface area contributed by atoms with Crippen LogP contribution in [-0.4, -0.2) is 16.1 Å². The number of fused-ring (bicyclic) bond motifs is 3. The second-order valence-corrected chi connectivity index (χ2v) is 5.92. The maximum Gasteiger partial charge on any atom is 0.250 e. The zero-order valence-corrected chi connectivity index (χ0v) is 13.2. The van der Waals surface area contributed by atoms with Gasteiger partial charge >= 0.3 is 0 Å². The maximum atomic E-state index is 12.2. The average Bonchev–Trinajstić information content (AvgIpc) is 2.73. The second-order valence-electron chi connectivity index (χ2n) is 4.44. The first-order valence-corrected chi connectivity index (χ1v) is 7.59. The number of Topliss-reactive ketones (excluding diaryl/α,β-unsaturated/α-hetero) is 2. The van der Waals surface area contributed by atoms with Gasteiger partial charge in [0, 0.05) is 33.7 Å². The summed E-state index contributed by atoms with van der Waals surface area (Å²) in [5.41, 5.74) is 3.58. The summed E-state index contributed by atoms with van der Waals surface area (Å²) >= 11 is 6.81. The van der Waals surface area contributed by atoms with Gasteiger partial charge in [-0.3, -0.25) is 9.59 Å². The lowest BCUT2D eigenvalue weighted by atomic mass is 9.88. The summed E-state index contributed by atoms with van der Waals surface area (Å²) in [5.74, 6) is -0.864. The number of halogens is 2. The van der Waals surface area contributed by atoms with Crippen molar-refractivity contribution in [2.24, 2.45) is 7.05 Å². The lowest BCUT2D eigenvalue weighted by Gasteiger charge is -2.16. The Morgan fingerprint density at radius 3 is 2.47 bits per heavy atom. The standard InChI is InChI=1S/C14H9Br2NO2/c1-17-8(6-15)5-11-10-4-7(16)2-3-9(10)13(18)14(19)12(11)17/h2-5H,6H2,1H3. The van der Waals surface area contributed by atoms with Crippen LogP contribution in [0.4, 0.5) is 0 Å². The van der Waals surface area contributed by atoms with Gasteiger partial charge in [-0.15, -0.1) is 0 Å². The lowest BCUT2D eigenvalue weighted by molar-refractivity contribution is 0.0810. The molecule has 0 fully saturated rings. The highest BCUT2D eigenvalue weighted by molar-refractivity contribution is 9.10. The molecule has 3 nitrogen and oxygen atoms in total. The van der Waals surface area contributed by atoms with Gasteiger partial charge in [0.05, 0.1) is 0 Å². The van der Waals surface area contributed by atoms with E-state index < -0.39 is 11.6 Å². The van der Waals surface area contributed by atoms with Crippen LogP contribution in [-0.2, 0) is 12.4 Å². The predicted molar refractivity (Wildman–Crippen MR) is 79.8 cm³/mol. The third-order valence-corrected chi connectivity index (χ3v) is 4.47. The fourth-order valence-electron chi connectivity index (χ4n) is 2.43. The van der Waals surface area contributed by atoms with E-state index in [0.29, 0.717) is 16.6 Å². The van der Waals surface area contributed by atoms with Gasteiger partial charge in [-0.25, -0.2) is 0 Å². The molecule has 1 heterocycles. The van der Waals surface area contributed by atoms with Crippen molar-refractivity contribution >= 4 is 43.4 Å². The van der Waals surface area contributed by atoms with Crippen LogP contribution < -0.4 is 0 Å². The van der Waals surface area contributed by atoms with Gasteiger partial charge in [-0.05, 0) is 29.8 Å². The summed E-state index contributed by atoms with van der Waals surface area (Å²) in [5, 5.41) is 0.640. The number of rotatable bonds is 1. The molecular weight excluding hydrogens is 374 g/mol. The Labute approximate surface area is 126 Å². The summed E-state index contributed by atoms with van der Waals surface area (Å²) < 4.78 is 2.68. The highest BCUT2D eigenvalue weighted by Crippen LogP contribution is 2.37. The van der Waals surface area contributed by atoms with Crippen molar-refractivity contribution in [1.29, 1.82) is 0 Å². The molecule has 0 saturated carbocycles. The molecular formula is C14H9Br2NO2. The Hall–Kier alpha value is -1.20. The van der Waals surface area contributed by atoms with Crippen molar-refractivity contribution in [2.45, 2.75) is 5.33 Å². The quantitative estimate of drug-likeness (QED) is 0.556. The van der Waals surface area contributed by atoms with Crippen LogP contribution in [0.1, 0.15) is 26.5 Å². The normalized spacial score (nSPS) is 13.4. The fourth-order valence-corrected chi connectivity index (χ4v) is 3.33. The third-order valence-electron chi connectivity index (χ3n) is 3.41. The van der Waals surface area contributed by atoms with Gasteiger partial charge in [0.25, 0.3) is 0 Å². The van der Waals surface area contributed by atoms with Crippen molar-refractivity contribution in [3.63, 3.8) is 0 Å². The SMILES string of the molecule is Cn1c(CBr)cc2c1C(=O)C(=O)c1ccc(Br)cc1-2. The number of benzene rings is 1. The molecule has 0 N–H and O–H groups in total. The molecule has 0 spiro atoms. The summed E-state index contributed by atoms with van der Waals surface area (Å²) in [6.45, 7) is 0. The van der Waals surface area contributed by atoms with E-state index in [1.807, 2.05) is 19.2 Å². The van der Waals surface area contributed by atoms with Gasteiger partial charge < -0.3 is 4.57 Å². The van der Waals surface area contributed by atoms with Gasteiger partial charge in [0.2, 0.25) is 11.6 Å². The number of carbonyl (C=O) groups is 2. The number of ketones is 2. The summed E-state index contributed by atoms with van der Waals surface area (Å²) in [7, 11) is 1.81. The van der Waals surface area contributed by atoms with Crippen LogP contribution >= 0.6 is 31.9 Å². The molecule has 1 aliphatic carbocycles. The van der Waals surface area contributed by atoms with Crippen LogP contribution in [0.3, 0.4) is 0 Å². The first-order chi connectivity index (χ1) is 9.04. The molecule has 2 aromatic rings. The molecule has 5 heteroatoms. The second kappa shape index (κ2) is 4.42. The van der Waals surface area contributed by atoms with Crippen molar-refractivity contribution in [2.75, 3.05) is 0 Å². The number of alkyl halides is 1. The van der Waals surface area contributed by atoms with Crippen LogP contribution in [0.25, 0.3) is 11.1 Å². The highest BCUT2D eigenvalue weighted by Gasteiger charge is 2.33. The summed E-state index contributed by atoms with van der Waals surface area (Å²) in [6.07, 6.45) is 0. The van der Waals surface area contributed by atoms with E-state index in [4.69, 9.17) is 0 Å². The Balaban J connectivity index is 2.39. The van der Waals surface area contributed by atoms with E-state index in [2.05, 4.69) is 31.9 Å². The number of carbonyl (C=O) groups excluding carboxylic acids is 2. The first-order valence-electron chi connectivity index (χ1n) is 5.68. The lowest BCUT2D eigenvalue weighted by Crippen LogP contribution is -2.23. The first kappa shape index (κ1) is 12.8. The molecule has 19 heavy (non-hydrogen) atoms. The molecule has 1 aromatic carbocycles. The monoisotopic (exact) mass is 381 g/mol. The van der Waals surface area contributed by atoms with Crippen LogP contribution in [0.2, 0.25) is 0 Å². The maximum absolute atomic E-state index is 12.2. The molecule has 0 unspecified atom stereocenters. The molecule has 0 amide bonds. The molecule has 1 aliphatic rings.